The maximum absolute atomic E-state index is 13.2. The fourth-order valence-corrected chi connectivity index (χ4v) is 3.67. The van der Waals surface area contributed by atoms with E-state index in [4.69, 9.17) is 0 Å². The molecule has 0 aliphatic heterocycles. The molecule has 0 aromatic heterocycles. The van der Waals surface area contributed by atoms with Crippen molar-refractivity contribution in [3.8, 4) is 0 Å². The highest BCUT2D eigenvalue weighted by Gasteiger charge is 2.87. The Hall–Kier alpha value is -1.20. The molecule has 32 heavy (non-hydrogen) atoms. The Morgan fingerprint density at radius 1 is 0.500 bits per heavy atom. The lowest BCUT2D eigenvalue weighted by Gasteiger charge is -2.34. The van der Waals surface area contributed by atoms with E-state index in [0.29, 0.717) is 0 Å². The molecule has 0 heterocycles. The van der Waals surface area contributed by atoms with Crippen molar-refractivity contribution in [2.24, 2.45) is 0 Å². The van der Waals surface area contributed by atoms with E-state index in [9.17, 15) is 91.7 Å². The van der Waals surface area contributed by atoms with Crippen LogP contribution in [0.5, 0.6) is 0 Å². The second-order valence-corrected chi connectivity index (χ2v) is 8.42. The molecule has 0 amide bonds. The van der Waals surface area contributed by atoms with E-state index in [1.165, 1.54) is 0 Å². The molecule has 0 aliphatic carbocycles. The van der Waals surface area contributed by atoms with Gasteiger partial charge in [0, 0.05) is 0 Å². The van der Waals surface area contributed by atoms with E-state index in [2.05, 4.69) is 0 Å². The van der Waals surface area contributed by atoms with E-state index >= 15 is 0 Å². The van der Waals surface area contributed by atoms with E-state index in [1.807, 2.05) is 0 Å². The average molecular weight is 565 g/mol. The number of sulfonamides is 1. The van der Waals surface area contributed by atoms with Crippen LogP contribution in [0.25, 0.3) is 0 Å². The van der Waals surface area contributed by atoms with E-state index in [0.717, 1.165) is 0 Å². The van der Waals surface area contributed by atoms with Crippen LogP contribution in [0.3, 0.4) is 0 Å². The van der Waals surface area contributed by atoms with Gasteiger partial charge in [-0.25, -0.2) is 12.6 Å². The summed E-state index contributed by atoms with van der Waals surface area (Å²) in [6.45, 7) is 0. The summed E-state index contributed by atoms with van der Waals surface area (Å²) in [7, 11) is -14.6. The first-order chi connectivity index (χ1) is 13.4. The molecule has 0 radical (unpaired) electrons. The molecule has 0 bridgehead atoms. The largest absolute Gasteiger partial charge is 0.460 e. The predicted molar refractivity (Wildman–Crippen MR) is 62.0 cm³/mol. The Balaban J connectivity index is 6.42. The monoisotopic (exact) mass is 565 g/mol. The summed E-state index contributed by atoms with van der Waals surface area (Å²) >= 11 is 0. The summed E-state index contributed by atoms with van der Waals surface area (Å²) in [6, 6.07) is 0. The lowest BCUT2D eigenvalue weighted by atomic mass is 10.1. The molecule has 24 heteroatoms. The molecule has 1 atom stereocenters. The number of alkyl halides is 18. The molecule has 1 unspecified atom stereocenters. The molecular weight excluding hydrogens is 564 g/mol. The standard InChI is InChI=1S/C8HF18NO3S2/c9-1(10,5(17,18)19)3(13,14)7(23,24)31(28)27-32(29,30)8(25,26)4(15,16)2(11,12)6(20,21)22/h27H. The van der Waals surface area contributed by atoms with Crippen molar-refractivity contribution in [3.63, 3.8) is 0 Å². The molecule has 0 aromatic carbocycles. The molecular formula is C8HF18NO3S2. The van der Waals surface area contributed by atoms with Gasteiger partial charge < -0.3 is 0 Å². The SMILES string of the molecule is O=S(NS(=O)(=O)C(F)(F)C(F)(F)C(F)(F)C(F)(F)F)C(F)(F)C(F)(F)C(F)(F)C(F)(F)F. The van der Waals surface area contributed by atoms with Gasteiger partial charge in [-0.2, -0.15) is 79.0 Å². The predicted octanol–water partition coefficient (Wildman–Crippen LogP) is 4.42. The van der Waals surface area contributed by atoms with Crippen LogP contribution in [0, 0.1) is 0 Å². The zero-order valence-electron chi connectivity index (χ0n) is 13.3. The summed E-state index contributed by atoms with van der Waals surface area (Å²) in [5, 5.41) is -15.6. The van der Waals surface area contributed by atoms with Gasteiger partial charge in [0.05, 0.1) is 0 Å². The van der Waals surface area contributed by atoms with Crippen LogP contribution in [0.1, 0.15) is 0 Å². The van der Waals surface area contributed by atoms with Crippen molar-refractivity contribution < 1.29 is 91.7 Å². The van der Waals surface area contributed by atoms with Crippen LogP contribution in [0.2, 0.25) is 0 Å². The number of halogens is 18. The Labute approximate surface area is 164 Å². The number of hydrogen-bond donors (Lipinski definition) is 1. The molecule has 0 aliphatic rings. The van der Waals surface area contributed by atoms with Crippen LogP contribution in [-0.2, 0) is 21.0 Å². The molecule has 194 valence electrons. The summed E-state index contributed by atoms with van der Waals surface area (Å²) in [6.07, 6.45) is -15.3. The van der Waals surface area contributed by atoms with Gasteiger partial charge in [-0.05, 0) is 0 Å². The average Bonchev–Trinajstić information content (AvgIpc) is 2.51. The fraction of sp³-hybridized carbons (Fsp3) is 1.00. The van der Waals surface area contributed by atoms with E-state index < -0.39 is 71.7 Å². The number of rotatable bonds is 8. The van der Waals surface area contributed by atoms with Crippen molar-refractivity contribution in [1.29, 1.82) is 0 Å². The second kappa shape index (κ2) is 7.66. The minimum atomic E-state index is -8.34. The molecule has 0 spiro atoms. The number of hydrogen-bond acceptors (Lipinski definition) is 3. The zero-order valence-corrected chi connectivity index (χ0v) is 15.0. The normalized spacial score (nSPS) is 17.4. The van der Waals surface area contributed by atoms with Gasteiger partial charge in [0.15, 0.2) is 11.0 Å². The third-order valence-electron chi connectivity index (χ3n) is 2.99. The molecule has 0 saturated carbocycles. The van der Waals surface area contributed by atoms with E-state index in [1.54, 1.807) is 0 Å². The van der Waals surface area contributed by atoms with Crippen LogP contribution in [0.15, 0.2) is 0 Å². The Kier molecular flexibility index (Phi) is 7.37. The third-order valence-corrected chi connectivity index (χ3v) is 6.12. The Bertz CT molecular complexity index is 839. The van der Waals surface area contributed by atoms with Crippen molar-refractivity contribution in [1.82, 2.24) is 4.13 Å². The van der Waals surface area contributed by atoms with Crippen LogP contribution in [0.4, 0.5) is 79.0 Å². The fourth-order valence-electron chi connectivity index (χ4n) is 1.21. The smallest absolute Gasteiger partial charge is 0.235 e. The zero-order chi connectivity index (χ0) is 26.8. The molecule has 4 nitrogen and oxygen atoms in total. The van der Waals surface area contributed by atoms with Crippen LogP contribution < -0.4 is 4.13 Å². The Morgan fingerprint density at radius 3 is 1.06 bits per heavy atom. The summed E-state index contributed by atoms with van der Waals surface area (Å²) in [5.74, 6) is -32.1. The van der Waals surface area contributed by atoms with Gasteiger partial charge in [-0.3, -0.25) is 0 Å². The first kappa shape index (κ1) is 30.8. The molecule has 0 aromatic rings. The first-order valence-corrected chi connectivity index (χ1v) is 8.85. The highest BCUT2D eigenvalue weighted by atomic mass is 32.3. The molecule has 0 saturated heterocycles. The minimum absolute atomic E-state index is 1.22. The minimum Gasteiger partial charge on any atom is -0.235 e. The highest BCUT2D eigenvalue weighted by Crippen LogP contribution is 2.56. The maximum Gasteiger partial charge on any atom is 0.460 e. The van der Waals surface area contributed by atoms with Gasteiger partial charge in [0.2, 0.25) is 0 Å². The van der Waals surface area contributed by atoms with Gasteiger partial charge in [-0.15, -0.1) is 4.13 Å². The topological polar surface area (TPSA) is 63.2 Å². The van der Waals surface area contributed by atoms with Gasteiger partial charge >= 0.3 is 46.6 Å². The van der Waals surface area contributed by atoms with Crippen LogP contribution in [-0.4, -0.2) is 59.2 Å². The Morgan fingerprint density at radius 2 is 0.781 bits per heavy atom. The van der Waals surface area contributed by atoms with Crippen molar-refractivity contribution in [2.75, 3.05) is 0 Å². The maximum atomic E-state index is 13.2. The summed E-state index contributed by atoms with van der Waals surface area (Å²) in [5.41, 5.74) is 0. The summed E-state index contributed by atoms with van der Waals surface area (Å²) in [4.78, 5) is 0. The lowest BCUT2D eigenvalue weighted by Crippen LogP contribution is -2.67. The summed E-state index contributed by atoms with van der Waals surface area (Å²) < 4.78 is 257. The lowest BCUT2D eigenvalue weighted by molar-refractivity contribution is -0.382. The molecule has 0 rings (SSSR count). The molecule has 0 fully saturated rings. The van der Waals surface area contributed by atoms with Crippen LogP contribution >= 0.6 is 0 Å². The quantitative estimate of drug-likeness (QED) is 0.444. The first-order valence-electron chi connectivity index (χ1n) is 6.22. The van der Waals surface area contributed by atoms with Gasteiger partial charge in [-0.1, -0.05) is 0 Å². The van der Waals surface area contributed by atoms with E-state index in [-0.39, 0.29) is 0 Å². The van der Waals surface area contributed by atoms with Gasteiger partial charge in [0.1, 0.15) is 0 Å². The van der Waals surface area contributed by atoms with Crippen molar-refractivity contribution >= 4 is 21.0 Å². The van der Waals surface area contributed by atoms with Gasteiger partial charge in [0.25, 0.3) is 10.0 Å². The second-order valence-electron chi connectivity index (χ2n) is 5.18. The number of nitrogens with one attached hydrogen (secondary N) is 1. The van der Waals surface area contributed by atoms with Crippen molar-refractivity contribution in [2.45, 2.75) is 46.6 Å². The highest BCUT2D eigenvalue weighted by molar-refractivity contribution is 8.03. The third kappa shape index (κ3) is 4.20. The molecule has 1 N–H and O–H groups in total. The van der Waals surface area contributed by atoms with Crippen molar-refractivity contribution in [3.05, 3.63) is 0 Å².